The number of rotatable bonds is 2. The maximum absolute atomic E-state index is 10.4. The Morgan fingerprint density at radius 1 is 1.78 bits per heavy atom. The largest absolute Gasteiger partial charge is 0.337 e. The van der Waals surface area contributed by atoms with Gasteiger partial charge in [0.2, 0.25) is 0 Å². The number of hydrogen-bond donors (Lipinski definition) is 2. The van der Waals surface area contributed by atoms with Crippen molar-refractivity contribution >= 4 is 6.03 Å². The first-order valence-corrected chi connectivity index (χ1v) is 2.74. The van der Waals surface area contributed by atoms with Crippen molar-refractivity contribution in [2.24, 2.45) is 0 Å². The van der Waals surface area contributed by atoms with E-state index in [2.05, 4.69) is 5.32 Å². The highest BCUT2D eigenvalue weighted by Crippen LogP contribution is 1.68. The molecule has 9 heavy (non-hydrogen) atoms. The standard InChI is InChI=1S/C5H9N3O/c1-2-3-7-5(9)8-4-6/h2-3H2,1H3,(H2,7,8,9). The minimum atomic E-state index is -0.431. The van der Waals surface area contributed by atoms with Gasteiger partial charge in [0.1, 0.15) is 0 Å². The molecular weight excluding hydrogens is 118 g/mol. The second kappa shape index (κ2) is 4.91. The second-order valence-corrected chi connectivity index (χ2v) is 1.49. The van der Waals surface area contributed by atoms with Gasteiger partial charge in [-0.25, -0.2) is 10.1 Å². The van der Waals surface area contributed by atoms with Crippen molar-refractivity contribution in [3.05, 3.63) is 0 Å². The van der Waals surface area contributed by atoms with Crippen LogP contribution >= 0.6 is 0 Å². The third-order valence-corrected chi connectivity index (χ3v) is 0.705. The van der Waals surface area contributed by atoms with Crippen LogP contribution < -0.4 is 10.6 Å². The minimum absolute atomic E-state index is 0.431. The molecule has 0 aromatic rings. The van der Waals surface area contributed by atoms with Gasteiger partial charge in [-0.05, 0) is 6.42 Å². The molecule has 4 nitrogen and oxygen atoms in total. The molecule has 2 N–H and O–H groups in total. The molecule has 0 radical (unpaired) electrons. The molecule has 0 spiro atoms. The van der Waals surface area contributed by atoms with Crippen molar-refractivity contribution < 1.29 is 4.79 Å². The van der Waals surface area contributed by atoms with Crippen molar-refractivity contribution in [2.45, 2.75) is 13.3 Å². The average molecular weight is 127 g/mol. The number of hydrogen-bond acceptors (Lipinski definition) is 2. The van der Waals surface area contributed by atoms with E-state index in [0.29, 0.717) is 6.54 Å². The van der Waals surface area contributed by atoms with E-state index in [9.17, 15) is 4.79 Å². The Morgan fingerprint density at radius 3 is 2.89 bits per heavy atom. The zero-order chi connectivity index (χ0) is 7.11. The number of amides is 2. The Kier molecular flexibility index (Phi) is 4.23. The molecule has 0 heterocycles. The lowest BCUT2D eigenvalue weighted by Crippen LogP contribution is -2.32. The summed E-state index contributed by atoms with van der Waals surface area (Å²) < 4.78 is 0. The van der Waals surface area contributed by atoms with Gasteiger partial charge in [-0.3, -0.25) is 0 Å². The first-order valence-electron chi connectivity index (χ1n) is 2.74. The van der Waals surface area contributed by atoms with Crippen LogP contribution in [-0.4, -0.2) is 12.6 Å². The average Bonchev–Trinajstić information content (AvgIpc) is 1.85. The van der Waals surface area contributed by atoms with Crippen molar-refractivity contribution in [2.75, 3.05) is 6.54 Å². The fraction of sp³-hybridized carbons (Fsp3) is 0.600. The molecule has 0 saturated carbocycles. The highest BCUT2D eigenvalue weighted by molar-refractivity contribution is 5.75. The lowest BCUT2D eigenvalue weighted by Gasteiger charge is -1.97. The van der Waals surface area contributed by atoms with Crippen molar-refractivity contribution in [1.82, 2.24) is 10.6 Å². The van der Waals surface area contributed by atoms with Gasteiger partial charge in [-0.1, -0.05) is 6.92 Å². The second-order valence-electron chi connectivity index (χ2n) is 1.49. The quantitative estimate of drug-likeness (QED) is 0.410. The van der Waals surface area contributed by atoms with E-state index in [0.717, 1.165) is 6.42 Å². The molecule has 0 bridgehead atoms. The summed E-state index contributed by atoms with van der Waals surface area (Å²) in [6, 6.07) is -0.431. The Hall–Kier alpha value is -1.24. The maximum Gasteiger partial charge on any atom is 0.327 e. The van der Waals surface area contributed by atoms with E-state index in [1.807, 2.05) is 12.2 Å². The van der Waals surface area contributed by atoms with Gasteiger partial charge in [-0.2, -0.15) is 5.26 Å². The van der Waals surface area contributed by atoms with Crippen LogP contribution in [0.1, 0.15) is 13.3 Å². The highest BCUT2D eigenvalue weighted by Gasteiger charge is 1.92. The van der Waals surface area contributed by atoms with E-state index < -0.39 is 6.03 Å². The van der Waals surface area contributed by atoms with Crippen LogP contribution in [0.15, 0.2) is 0 Å². The van der Waals surface area contributed by atoms with Crippen LogP contribution in [0.25, 0.3) is 0 Å². The zero-order valence-electron chi connectivity index (χ0n) is 5.27. The Labute approximate surface area is 53.9 Å². The Morgan fingerprint density at radius 2 is 2.44 bits per heavy atom. The van der Waals surface area contributed by atoms with Gasteiger partial charge in [-0.15, -0.1) is 0 Å². The molecule has 0 saturated heterocycles. The normalized spacial score (nSPS) is 7.56. The van der Waals surface area contributed by atoms with E-state index in [-0.39, 0.29) is 0 Å². The summed E-state index contributed by atoms with van der Waals surface area (Å²) in [6.45, 7) is 2.54. The fourth-order valence-corrected chi connectivity index (χ4v) is 0.333. The molecule has 0 aliphatic rings. The lowest BCUT2D eigenvalue weighted by atomic mass is 10.5. The third-order valence-electron chi connectivity index (χ3n) is 0.705. The maximum atomic E-state index is 10.4. The topological polar surface area (TPSA) is 64.9 Å². The number of urea groups is 1. The van der Waals surface area contributed by atoms with E-state index in [1.54, 1.807) is 0 Å². The van der Waals surface area contributed by atoms with Gasteiger partial charge in [0.15, 0.2) is 6.19 Å². The molecule has 50 valence electrons. The molecule has 0 aromatic heterocycles. The lowest BCUT2D eigenvalue weighted by molar-refractivity contribution is 0.244. The number of nitrogens with one attached hydrogen (secondary N) is 2. The molecule has 2 amide bonds. The van der Waals surface area contributed by atoms with Gasteiger partial charge in [0, 0.05) is 6.54 Å². The van der Waals surface area contributed by atoms with Gasteiger partial charge >= 0.3 is 6.03 Å². The molecule has 0 aromatic carbocycles. The summed E-state index contributed by atoms with van der Waals surface area (Å²) in [4.78, 5) is 10.4. The summed E-state index contributed by atoms with van der Waals surface area (Å²) in [5.41, 5.74) is 0. The molecule has 0 unspecified atom stereocenters. The Balaban J connectivity index is 3.19. The number of nitriles is 1. The molecule has 0 aliphatic carbocycles. The smallest absolute Gasteiger partial charge is 0.327 e. The Bertz CT molecular complexity index is 127. The van der Waals surface area contributed by atoms with Crippen molar-refractivity contribution in [3.8, 4) is 6.19 Å². The van der Waals surface area contributed by atoms with Crippen molar-refractivity contribution in [3.63, 3.8) is 0 Å². The number of carbonyl (C=O) groups excluding carboxylic acids is 1. The van der Waals surface area contributed by atoms with Crippen LogP contribution in [0.2, 0.25) is 0 Å². The van der Waals surface area contributed by atoms with Crippen molar-refractivity contribution in [1.29, 1.82) is 5.26 Å². The number of nitrogens with zero attached hydrogens (tertiary/aromatic N) is 1. The monoisotopic (exact) mass is 127 g/mol. The van der Waals surface area contributed by atoms with Crippen LogP contribution in [0, 0.1) is 11.5 Å². The minimum Gasteiger partial charge on any atom is -0.337 e. The molecule has 0 fully saturated rings. The highest BCUT2D eigenvalue weighted by atomic mass is 16.2. The van der Waals surface area contributed by atoms with Gasteiger partial charge in [0.05, 0.1) is 0 Å². The van der Waals surface area contributed by atoms with Gasteiger partial charge in [0.25, 0.3) is 0 Å². The molecule has 4 heteroatoms. The third kappa shape index (κ3) is 4.62. The summed E-state index contributed by atoms with van der Waals surface area (Å²) in [5, 5.41) is 12.3. The van der Waals surface area contributed by atoms with E-state index >= 15 is 0 Å². The molecule has 0 rings (SSSR count). The first-order chi connectivity index (χ1) is 4.31. The summed E-state index contributed by atoms with van der Waals surface area (Å²) in [7, 11) is 0. The van der Waals surface area contributed by atoms with Crippen LogP contribution in [0.5, 0.6) is 0 Å². The van der Waals surface area contributed by atoms with E-state index in [4.69, 9.17) is 5.26 Å². The predicted molar refractivity (Wildman–Crippen MR) is 32.4 cm³/mol. The predicted octanol–water partition coefficient (Wildman–Crippen LogP) is 0.177. The number of carbonyl (C=O) groups is 1. The van der Waals surface area contributed by atoms with Gasteiger partial charge < -0.3 is 5.32 Å². The summed E-state index contributed by atoms with van der Waals surface area (Å²) in [5.74, 6) is 0. The van der Waals surface area contributed by atoms with Crippen LogP contribution in [0.4, 0.5) is 4.79 Å². The fourth-order valence-electron chi connectivity index (χ4n) is 0.333. The van der Waals surface area contributed by atoms with E-state index in [1.165, 1.54) is 6.19 Å². The SMILES string of the molecule is CCCNC(=O)NC#N. The first kappa shape index (κ1) is 7.76. The van der Waals surface area contributed by atoms with Crippen LogP contribution in [0.3, 0.4) is 0 Å². The van der Waals surface area contributed by atoms with Crippen LogP contribution in [-0.2, 0) is 0 Å². The summed E-state index contributed by atoms with van der Waals surface area (Å²) in [6.07, 6.45) is 2.39. The molecular formula is C5H9N3O. The molecule has 0 atom stereocenters. The zero-order valence-corrected chi connectivity index (χ0v) is 5.27. The summed E-state index contributed by atoms with van der Waals surface area (Å²) >= 11 is 0. The molecule has 0 aliphatic heterocycles.